The minimum absolute atomic E-state index is 0.0199. The van der Waals surface area contributed by atoms with E-state index in [0.717, 1.165) is 11.3 Å². The molecule has 9 heteroatoms. The number of ether oxygens (including phenoxy) is 1. The topological polar surface area (TPSA) is 110 Å². The fourth-order valence-electron chi connectivity index (χ4n) is 2.32. The van der Waals surface area contributed by atoms with Crippen LogP contribution in [-0.2, 0) is 14.8 Å². The van der Waals surface area contributed by atoms with Gasteiger partial charge in [-0.3, -0.25) is 4.79 Å². The van der Waals surface area contributed by atoms with Gasteiger partial charge in [0.1, 0.15) is 5.75 Å². The molecule has 0 aliphatic heterocycles. The van der Waals surface area contributed by atoms with Crippen LogP contribution in [-0.4, -0.2) is 31.4 Å². The van der Waals surface area contributed by atoms with E-state index in [2.05, 4.69) is 20.0 Å². The Morgan fingerprint density at radius 3 is 2.28 bits per heavy atom. The molecule has 1 aromatic heterocycles. The van der Waals surface area contributed by atoms with Crippen molar-refractivity contribution in [2.24, 2.45) is 0 Å². The number of rotatable bonds is 7. The van der Waals surface area contributed by atoms with Crippen molar-refractivity contribution < 1.29 is 17.9 Å². The maximum absolute atomic E-state index is 12.3. The second-order valence-electron chi connectivity index (χ2n) is 5.80. The number of amides is 1. The van der Waals surface area contributed by atoms with Crippen LogP contribution in [0, 0.1) is 0 Å². The smallest absolute Gasteiger partial charge is 0.264 e. The zero-order chi connectivity index (χ0) is 20.7. The van der Waals surface area contributed by atoms with Crippen molar-refractivity contribution in [2.45, 2.75) is 4.90 Å². The van der Waals surface area contributed by atoms with Crippen LogP contribution in [0.1, 0.15) is 5.56 Å². The van der Waals surface area contributed by atoms with Gasteiger partial charge in [0.05, 0.1) is 12.0 Å². The minimum Gasteiger partial charge on any atom is -0.497 e. The van der Waals surface area contributed by atoms with Crippen molar-refractivity contribution in [3.8, 4) is 5.75 Å². The van der Waals surface area contributed by atoms with Gasteiger partial charge in [0.2, 0.25) is 11.9 Å². The molecule has 29 heavy (non-hydrogen) atoms. The Balaban J connectivity index is 1.62. The van der Waals surface area contributed by atoms with Gasteiger partial charge in [-0.25, -0.2) is 23.1 Å². The third-order valence-corrected chi connectivity index (χ3v) is 5.11. The van der Waals surface area contributed by atoms with E-state index in [1.807, 2.05) is 12.1 Å². The van der Waals surface area contributed by atoms with Crippen LogP contribution < -0.4 is 14.8 Å². The summed E-state index contributed by atoms with van der Waals surface area (Å²) in [6.07, 6.45) is 5.92. The first-order valence-electron chi connectivity index (χ1n) is 8.49. The lowest BCUT2D eigenvalue weighted by Gasteiger charge is -2.07. The third kappa shape index (κ3) is 5.63. The summed E-state index contributed by atoms with van der Waals surface area (Å²) >= 11 is 0. The average molecular weight is 410 g/mol. The van der Waals surface area contributed by atoms with Gasteiger partial charge in [0.15, 0.2) is 0 Å². The van der Waals surface area contributed by atoms with Gasteiger partial charge >= 0.3 is 0 Å². The van der Waals surface area contributed by atoms with Crippen LogP contribution in [0.3, 0.4) is 0 Å². The number of aromatic nitrogens is 2. The molecule has 0 saturated carbocycles. The molecule has 0 unspecified atom stereocenters. The predicted molar refractivity (Wildman–Crippen MR) is 110 cm³/mol. The predicted octanol–water partition coefficient (Wildman–Crippen LogP) is 2.94. The molecule has 1 heterocycles. The van der Waals surface area contributed by atoms with E-state index < -0.39 is 10.0 Å². The molecule has 148 valence electrons. The molecule has 0 spiro atoms. The number of hydrogen-bond acceptors (Lipinski definition) is 6. The van der Waals surface area contributed by atoms with Crippen molar-refractivity contribution in [3.63, 3.8) is 0 Å². The molecule has 0 radical (unpaired) electrons. The van der Waals surface area contributed by atoms with E-state index in [1.54, 1.807) is 31.4 Å². The molecule has 0 saturated heterocycles. The fourth-order valence-corrected chi connectivity index (χ4v) is 3.28. The molecule has 8 nitrogen and oxygen atoms in total. The molecule has 3 rings (SSSR count). The number of benzene rings is 2. The Labute approximate surface area is 168 Å². The van der Waals surface area contributed by atoms with E-state index in [-0.39, 0.29) is 16.8 Å². The Bertz CT molecular complexity index is 1100. The highest BCUT2D eigenvalue weighted by atomic mass is 32.2. The Morgan fingerprint density at radius 2 is 1.66 bits per heavy atom. The number of nitrogens with one attached hydrogen (secondary N) is 2. The fraction of sp³-hybridized carbons (Fsp3) is 0.0500. The average Bonchev–Trinajstić information content (AvgIpc) is 2.73. The summed E-state index contributed by atoms with van der Waals surface area (Å²) < 4.78 is 32.1. The van der Waals surface area contributed by atoms with Crippen LogP contribution in [0.5, 0.6) is 5.75 Å². The lowest BCUT2D eigenvalue weighted by atomic mass is 10.2. The summed E-state index contributed by atoms with van der Waals surface area (Å²) in [4.78, 5) is 19.7. The standard InChI is InChI=1S/C20H18N4O4S/c1-28-17-8-3-15(4-9-17)5-12-19(25)23-16-6-10-18(11-7-16)29(26,27)24-20-21-13-2-14-22-20/h2-14H,1H3,(H,23,25)(H,21,22,24). The molecular formula is C20H18N4O4S. The molecule has 0 aliphatic carbocycles. The maximum Gasteiger partial charge on any atom is 0.264 e. The monoisotopic (exact) mass is 410 g/mol. The molecule has 0 bridgehead atoms. The zero-order valence-corrected chi connectivity index (χ0v) is 16.3. The van der Waals surface area contributed by atoms with Gasteiger partial charge in [-0.2, -0.15) is 0 Å². The van der Waals surface area contributed by atoms with E-state index >= 15 is 0 Å². The van der Waals surface area contributed by atoms with Crippen molar-refractivity contribution in [3.05, 3.63) is 78.6 Å². The number of carbonyl (C=O) groups is 1. The van der Waals surface area contributed by atoms with Crippen molar-refractivity contribution in [2.75, 3.05) is 17.1 Å². The highest BCUT2D eigenvalue weighted by molar-refractivity contribution is 7.92. The molecule has 0 fully saturated rings. The van der Waals surface area contributed by atoms with Gasteiger partial charge in [-0.1, -0.05) is 12.1 Å². The first-order valence-corrected chi connectivity index (χ1v) is 9.97. The summed E-state index contributed by atoms with van der Waals surface area (Å²) in [6, 6.07) is 14.6. The van der Waals surface area contributed by atoms with E-state index in [9.17, 15) is 13.2 Å². The third-order valence-electron chi connectivity index (χ3n) is 3.77. The molecule has 0 atom stereocenters. The molecule has 2 N–H and O–H groups in total. The first-order chi connectivity index (χ1) is 14.0. The highest BCUT2D eigenvalue weighted by Gasteiger charge is 2.15. The summed E-state index contributed by atoms with van der Waals surface area (Å²) in [7, 11) is -2.24. The van der Waals surface area contributed by atoms with E-state index in [4.69, 9.17) is 4.74 Å². The lowest BCUT2D eigenvalue weighted by molar-refractivity contribution is -0.111. The van der Waals surface area contributed by atoms with E-state index in [1.165, 1.54) is 42.7 Å². The highest BCUT2D eigenvalue weighted by Crippen LogP contribution is 2.17. The second kappa shape index (κ2) is 8.98. The number of anilines is 2. The van der Waals surface area contributed by atoms with Crippen LogP contribution in [0.25, 0.3) is 6.08 Å². The number of carbonyl (C=O) groups excluding carboxylic acids is 1. The Hall–Kier alpha value is -3.72. The van der Waals surface area contributed by atoms with E-state index in [0.29, 0.717) is 5.69 Å². The van der Waals surface area contributed by atoms with Crippen molar-refractivity contribution >= 4 is 33.6 Å². The van der Waals surface area contributed by atoms with Crippen molar-refractivity contribution in [1.29, 1.82) is 0 Å². The number of methoxy groups -OCH3 is 1. The summed E-state index contributed by atoms with van der Waals surface area (Å²) in [5.41, 5.74) is 1.31. The number of sulfonamides is 1. The number of nitrogens with zero attached hydrogens (tertiary/aromatic N) is 2. The van der Waals surface area contributed by atoms with Gasteiger partial charge in [0.25, 0.3) is 10.0 Å². The Kier molecular flexibility index (Phi) is 6.20. The van der Waals surface area contributed by atoms with Crippen molar-refractivity contribution in [1.82, 2.24) is 9.97 Å². The molecular weight excluding hydrogens is 392 g/mol. The van der Waals surface area contributed by atoms with Crippen LogP contribution >= 0.6 is 0 Å². The Morgan fingerprint density at radius 1 is 1.00 bits per heavy atom. The SMILES string of the molecule is COc1ccc(C=CC(=O)Nc2ccc(S(=O)(=O)Nc3ncccn3)cc2)cc1. The largest absolute Gasteiger partial charge is 0.497 e. The van der Waals surface area contributed by atoms with Gasteiger partial charge < -0.3 is 10.1 Å². The first kappa shape index (κ1) is 20.0. The summed E-state index contributed by atoms with van der Waals surface area (Å²) in [5, 5.41) is 2.67. The van der Waals surface area contributed by atoms with Crippen LogP contribution in [0.2, 0.25) is 0 Å². The lowest BCUT2D eigenvalue weighted by Crippen LogP contribution is -2.15. The summed E-state index contributed by atoms with van der Waals surface area (Å²) in [5.74, 6) is 0.371. The van der Waals surface area contributed by atoms with Gasteiger partial charge in [-0.15, -0.1) is 0 Å². The molecule has 0 aliphatic rings. The molecule has 2 aromatic carbocycles. The zero-order valence-electron chi connectivity index (χ0n) is 15.4. The minimum atomic E-state index is -3.82. The molecule has 3 aromatic rings. The second-order valence-corrected chi connectivity index (χ2v) is 7.48. The van der Waals surface area contributed by atoms with Crippen LogP contribution in [0.15, 0.2) is 78.0 Å². The van der Waals surface area contributed by atoms with Gasteiger partial charge in [-0.05, 0) is 54.1 Å². The normalized spacial score (nSPS) is 11.2. The maximum atomic E-state index is 12.3. The molecule has 1 amide bonds. The summed E-state index contributed by atoms with van der Waals surface area (Å²) in [6.45, 7) is 0. The number of hydrogen-bond donors (Lipinski definition) is 2. The quantitative estimate of drug-likeness (QED) is 0.580. The van der Waals surface area contributed by atoms with Crippen LogP contribution in [0.4, 0.5) is 11.6 Å². The van der Waals surface area contributed by atoms with Gasteiger partial charge in [0, 0.05) is 24.2 Å².